The first-order chi connectivity index (χ1) is 16.5. The molecular formula is C27H32N2O5. The highest BCUT2D eigenvalue weighted by atomic mass is 16.5. The van der Waals surface area contributed by atoms with Crippen molar-refractivity contribution in [2.45, 2.75) is 38.5 Å². The number of carboxylic acids is 1. The highest BCUT2D eigenvalue weighted by Crippen LogP contribution is 2.44. The molecule has 7 nitrogen and oxygen atoms in total. The van der Waals surface area contributed by atoms with Crippen molar-refractivity contribution in [1.82, 2.24) is 10.6 Å². The second-order valence-electron chi connectivity index (χ2n) is 9.27. The van der Waals surface area contributed by atoms with Gasteiger partial charge in [0.05, 0.1) is 11.8 Å². The van der Waals surface area contributed by atoms with Gasteiger partial charge in [-0.3, -0.25) is 9.59 Å². The van der Waals surface area contributed by atoms with Crippen molar-refractivity contribution in [1.29, 1.82) is 0 Å². The van der Waals surface area contributed by atoms with Crippen LogP contribution >= 0.6 is 0 Å². The molecule has 1 fully saturated rings. The minimum Gasteiger partial charge on any atom is -0.481 e. The van der Waals surface area contributed by atoms with Gasteiger partial charge >= 0.3 is 12.1 Å². The molecule has 4 rings (SSSR count). The standard InChI is InChI=1S/C27H32N2O5/c1-2-18(26(31)32)14-28-25(30)19(13-17-11-12-17)15-29-27(33)34-16-24-22-9-5-3-7-20(22)21-8-4-6-10-23(21)24/h3-10,17-19,24H,2,11-16H2,1H3,(H,28,30)(H,29,33)(H,31,32). The molecule has 2 aromatic rings. The molecule has 0 saturated heterocycles. The van der Waals surface area contributed by atoms with Gasteiger partial charge < -0.3 is 20.5 Å². The van der Waals surface area contributed by atoms with Gasteiger partial charge in [-0.1, -0.05) is 68.3 Å². The van der Waals surface area contributed by atoms with Crippen molar-refractivity contribution < 1.29 is 24.2 Å². The van der Waals surface area contributed by atoms with Crippen LogP contribution in [0.5, 0.6) is 0 Å². The van der Waals surface area contributed by atoms with Crippen LogP contribution < -0.4 is 10.6 Å². The number of alkyl carbamates (subject to hydrolysis) is 1. The van der Waals surface area contributed by atoms with Crippen LogP contribution in [0.4, 0.5) is 4.79 Å². The van der Waals surface area contributed by atoms with E-state index in [4.69, 9.17) is 4.74 Å². The van der Waals surface area contributed by atoms with E-state index in [0.29, 0.717) is 18.8 Å². The van der Waals surface area contributed by atoms with Gasteiger partial charge in [-0.2, -0.15) is 0 Å². The molecule has 0 bridgehead atoms. The van der Waals surface area contributed by atoms with E-state index in [1.165, 1.54) is 11.1 Å². The van der Waals surface area contributed by atoms with Crippen LogP contribution in [0.2, 0.25) is 0 Å². The lowest BCUT2D eigenvalue weighted by molar-refractivity contribution is -0.141. The molecular weight excluding hydrogens is 432 g/mol. The van der Waals surface area contributed by atoms with E-state index in [-0.39, 0.29) is 31.5 Å². The molecule has 3 N–H and O–H groups in total. The zero-order chi connectivity index (χ0) is 24.1. The lowest BCUT2D eigenvalue weighted by Gasteiger charge is -2.19. The normalized spacial score (nSPS) is 16.1. The highest BCUT2D eigenvalue weighted by Gasteiger charge is 2.31. The van der Waals surface area contributed by atoms with E-state index >= 15 is 0 Å². The third kappa shape index (κ3) is 5.58. The smallest absolute Gasteiger partial charge is 0.407 e. The largest absolute Gasteiger partial charge is 0.481 e. The molecule has 2 unspecified atom stereocenters. The third-order valence-corrected chi connectivity index (χ3v) is 6.89. The predicted molar refractivity (Wildman–Crippen MR) is 128 cm³/mol. The molecule has 0 aliphatic heterocycles. The molecule has 180 valence electrons. The van der Waals surface area contributed by atoms with Crippen LogP contribution in [0.15, 0.2) is 48.5 Å². The number of hydrogen-bond acceptors (Lipinski definition) is 4. The maximum atomic E-state index is 12.7. The summed E-state index contributed by atoms with van der Waals surface area (Å²) < 4.78 is 5.58. The molecule has 2 amide bonds. The van der Waals surface area contributed by atoms with Crippen LogP contribution in [0, 0.1) is 17.8 Å². The summed E-state index contributed by atoms with van der Waals surface area (Å²) in [5.74, 6) is -1.68. The number of nitrogens with one attached hydrogen (secondary N) is 2. The number of aliphatic carboxylic acids is 1. The van der Waals surface area contributed by atoms with Crippen LogP contribution in [-0.2, 0) is 14.3 Å². The van der Waals surface area contributed by atoms with E-state index in [9.17, 15) is 19.5 Å². The summed E-state index contributed by atoms with van der Waals surface area (Å²) >= 11 is 0. The van der Waals surface area contributed by atoms with E-state index < -0.39 is 23.9 Å². The number of carboxylic acid groups (broad SMARTS) is 1. The lowest BCUT2D eigenvalue weighted by Crippen LogP contribution is -2.42. The van der Waals surface area contributed by atoms with Gasteiger partial charge in [0.25, 0.3) is 0 Å². The first kappa shape index (κ1) is 23.8. The van der Waals surface area contributed by atoms with E-state index in [2.05, 4.69) is 34.9 Å². The quantitative estimate of drug-likeness (QED) is 0.463. The van der Waals surface area contributed by atoms with Crippen molar-refractivity contribution >= 4 is 18.0 Å². The molecule has 2 aliphatic rings. The van der Waals surface area contributed by atoms with Gasteiger partial charge in [-0.25, -0.2) is 4.79 Å². The molecule has 0 aromatic heterocycles. The van der Waals surface area contributed by atoms with Crippen LogP contribution in [0.25, 0.3) is 11.1 Å². The predicted octanol–water partition coefficient (Wildman–Crippen LogP) is 4.17. The zero-order valence-electron chi connectivity index (χ0n) is 19.5. The van der Waals surface area contributed by atoms with Crippen molar-refractivity contribution in [3.8, 4) is 11.1 Å². The summed E-state index contributed by atoms with van der Waals surface area (Å²) in [6.45, 7) is 2.26. The third-order valence-electron chi connectivity index (χ3n) is 6.89. The van der Waals surface area contributed by atoms with Crippen molar-refractivity contribution in [2.24, 2.45) is 17.8 Å². The minimum atomic E-state index is -0.918. The minimum absolute atomic E-state index is 0.0225. The number of hydrogen-bond donors (Lipinski definition) is 3. The second-order valence-corrected chi connectivity index (χ2v) is 9.27. The summed E-state index contributed by atoms with van der Waals surface area (Å²) in [6, 6.07) is 16.3. The number of carbonyl (C=O) groups is 3. The Kier molecular flexibility index (Phi) is 7.50. The van der Waals surface area contributed by atoms with E-state index in [1.807, 2.05) is 24.3 Å². The van der Waals surface area contributed by atoms with E-state index in [0.717, 1.165) is 24.0 Å². The SMILES string of the molecule is CCC(CNC(=O)C(CNC(=O)OCC1c2ccccc2-c2ccccc21)CC1CC1)C(=O)O. The van der Waals surface area contributed by atoms with E-state index in [1.54, 1.807) is 6.92 Å². The Bertz CT molecular complexity index is 1000. The lowest BCUT2D eigenvalue weighted by atomic mass is 9.98. The van der Waals surface area contributed by atoms with Gasteiger partial charge in [0.1, 0.15) is 6.61 Å². The monoisotopic (exact) mass is 464 g/mol. The molecule has 34 heavy (non-hydrogen) atoms. The first-order valence-corrected chi connectivity index (χ1v) is 12.1. The highest BCUT2D eigenvalue weighted by molar-refractivity contribution is 5.81. The van der Waals surface area contributed by atoms with Gasteiger partial charge in [0.2, 0.25) is 5.91 Å². The first-order valence-electron chi connectivity index (χ1n) is 12.1. The van der Waals surface area contributed by atoms with Gasteiger partial charge in [0.15, 0.2) is 0 Å². The fourth-order valence-electron chi connectivity index (χ4n) is 4.67. The van der Waals surface area contributed by atoms with Gasteiger partial charge in [-0.15, -0.1) is 0 Å². The van der Waals surface area contributed by atoms with Gasteiger partial charge in [0, 0.05) is 19.0 Å². The molecule has 0 heterocycles. The fourth-order valence-corrected chi connectivity index (χ4v) is 4.67. The summed E-state index contributed by atoms with van der Waals surface area (Å²) in [5, 5.41) is 14.7. The molecule has 0 spiro atoms. The summed E-state index contributed by atoms with van der Waals surface area (Å²) in [7, 11) is 0. The van der Waals surface area contributed by atoms with Gasteiger partial charge in [-0.05, 0) is 41.0 Å². The summed E-state index contributed by atoms with van der Waals surface area (Å²) in [6.07, 6.45) is 2.75. The maximum Gasteiger partial charge on any atom is 0.407 e. The van der Waals surface area contributed by atoms with Crippen LogP contribution in [0.3, 0.4) is 0 Å². The zero-order valence-corrected chi connectivity index (χ0v) is 19.5. The Balaban J connectivity index is 1.31. The molecule has 0 radical (unpaired) electrons. The molecule has 2 atom stereocenters. The van der Waals surface area contributed by atoms with Crippen LogP contribution in [0.1, 0.15) is 49.7 Å². The molecule has 7 heteroatoms. The average Bonchev–Trinajstić information content (AvgIpc) is 3.61. The van der Waals surface area contributed by atoms with Crippen molar-refractivity contribution in [3.05, 3.63) is 59.7 Å². The Morgan fingerprint density at radius 2 is 1.53 bits per heavy atom. The Labute approximate surface area is 199 Å². The maximum absolute atomic E-state index is 12.7. The van der Waals surface area contributed by atoms with Crippen LogP contribution in [-0.4, -0.2) is 42.8 Å². The fraction of sp³-hybridized carbons (Fsp3) is 0.444. The Morgan fingerprint density at radius 3 is 2.09 bits per heavy atom. The number of rotatable bonds is 11. The number of amides is 2. The Morgan fingerprint density at radius 1 is 0.941 bits per heavy atom. The summed E-state index contributed by atoms with van der Waals surface area (Å²) in [4.78, 5) is 36.4. The molecule has 2 aromatic carbocycles. The number of fused-ring (bicyclic) bond motifs is 3. The molecule has 2 aliphatic carbocycles. The second kappa shape index (κ2) is 10.7. The topological polar surface area (TPSA) is 105 Å². The van der Waals surface area contributed by atoms with Crippen molar-refractivity contribution in [3.63, 3.8) is 0 Å². The number of ether oxygens (including phenoxy) is 1. The Hall–Kier alpha value is -3.35. The summed E-state index contributed by atoms with van der Waals surface area (Å²) in [5.41, 5.74) is 4.62. The number of benzene rings is 2. The molecule has 1 saturated carbocycles. The van der Waals surface area contributed by atoms with Crippen molar-refractivity contribution in [2.75, 3.05) is 19.7 Å². The number of carbonyl (C=O) groups excluding carboxylic acids is 2. The average molecular weight is 465 g/mol.